The van der Waals surface area contributed by atoms with Crippen molar-refractivity contribution in [2.24, 2.45) is 0 Å². The van der Waals surface area contributed by atoms with Crippen molar-refractivity contribution in [3.63, 3.8) is 0 Å². The maximum absolute atomic E-state index is 11.1. The molecule has 0 saturated carbocycles. The average Bonchev–Trinajstić information content (AvgIpc) is 2.78. The second-order valence-electron chi connectivity index (χ2n) is 7.50. The zero-order valence-corrected chi connectivity index (χ0v) is 17.8. The average molecular weight is 402 g/mol. The molecule has 156 valence electrons. The summed E-state index contributed by atoms with van der Waals surface area (Å²) in [6.45, 7) is 2.44. The number of carbonyl (C=O) groups is 1. The van der Waals surface area contributed by atoms with Crippen molar-refractivity contribution in [3.8, 4) is 0 Å². The number of aryl methyl sites for hydroxylation is 1. The van der Waals surface area contributed by atoms with E-state index < -0.39 is 0 Å². The highest BCUT2D eigenvalue weighted by Crippen LogP contribution is 2.28. The van der Waals surface area contributed by atoms with Gasteiger partial charge in [-0.3, -0.25) is 4.79 Å². The molecule has 0 spiro atoms. The molecule has 0 aromatic heterocycles. The van der Waals surface area contributed by atoms with E-state index in [0.29, 0.717) is 0 Å². The molecule has 30 heavy (non-hydrogen) atoms. The third-order valence-corrected chi connectivity index (χ3v) is 5.24. The molecule has 0 aliphatic carbocycles. The fourth-order valence-corrected chi connectivity index (χ4v) is 3.78. The Morgan fingerprint density at radius 1 is 0.800 bits per heavy atom. The molecule has 0 saturated heterocycles. The molecule has 0 aliphatic heterocycles. The van der Waals surface area contributed by atoms with E-state index in [1.807, 2.05) is 19.2 Å². The topological polar surface area (TPSA) is 53.2 Å². The summed E-state index contributed by atoms with van der Waals surface area (Å²) in [5.74, 6) is -0.0450. The van der Waals surface area contributed by atoms with Gasteiger partial charge in [-0.15, -0.1) is 0 Å². The molecule has 3 aromatic carbocycles. The predicted molar refractivity (Wildman–Crippen MR) is 124 cm³/mol. The maximum atomic E-state index is 11.1. The fraction of sp³-hybridized carbons (Fsp3) is 0.269. The minimum atomic E-state index is -0.0450. The van der Waals surface area contributed by atoms with Crippen LogP contribution in [0.1, 0.15) is 42.1 Å². The normalized spacial score (nSPS) is 12.9. The third-order valence-electron chi connectivity index (χ3n) is 5.24. The number of carbonyl (C=O) groups excluding carboxylic acids is 1. The maximum Gasteiger partial charge on any atom is 0.221 e. The van der Waals surface area contributed by atoms with Gasteiger partial charge in [0.25, 0.3) is 0 Å². The van der Waals surface area contributed by atoms with E-state index in [1.54, 1.807) is 0 Å². The molecule has 3 N–H and O–H groups in total. The standard InChI is InChI=1S/C26H31N3O/c1-20(30)29-24-17-15-21(16-18-24)10-9-19-28-26(23-13-7-4-8-14-23)25(27-2)22-11-5-3-6-12-22/h3-8,11-18,25-28H,9-10,19H2,1-2H3,(H,29,30). The van der Waals surface area contributed by atoms with Gasteiger partial charge >= 0.3 is 0 Å². The first-order valence-electron chi connectivity index (χ1n) is 10.5. The summed E-state index contributed by atoms with van der Waals surface area (Å²) < 4.78 is 0. The lowest BCUT2D eigenvalue weighted by Crippen LogP contribution is -2.34. The van der Waals surface area contributed by atoms with Gasteiger partial charge in [-0.1, -0.05) is 72.8 Å². The third kappa shape index (κ3) is 6.28. The van der Waals surface area contributed by atoms with Gasteiger partial charge < -0.3 is 16.0 Å². The summed E-state index contributed by atoms with van der Waals surface area (Å²) in [4.78, 5) is 11.1. The molecule has 0 fully saturated rings. The lowest BCUT2D eigenvalue weighted by atomic mass is 9.93. The Morgan fingerprint density at radius 3 is 1.90 bits per heavy atom. The van der Waals surface area contributed by atoms with Crippen molar-refractivity contribution in [3.05, 3.63) is 102 Å². The molecule has 3 aromatic rings. The van der Waals surface area contributed by atoms with Crippen LogP contribution in [0.15, 0.2) is 84.9 Å². The minimum absolute atomic E-state index is 0.0450. The van der Waals surface area contributed by atoms with Crippen molar-refractivity contribution < 1.29 is 4.79 Å². The first-order chi connectivity index (χ1) is 14.7. The van der Waals surface area contributed by atoms with Gasteiger partial charge in [0.1, 0.15) is 0 Å². The van der Waals surface area contributed by atoms with Gasteiger partial charge in [0.05, 0.1) is 12.1 Å². The Hall–Kier alpha value is -2.95. The molecule has 0 heterocycles. The van der Waals surface area contributed by atoms with Crippen molar-refractivity contribution in [1.82, 2.24) is 10.6 Å². The van der Waals surface area contributed by atoms with Crippen LogP contribution in [0.3, 0.4) is 0 Å². The van der Waals surface area contributed by atoms with E-state index in [-0.39, 0.29) is 18.0 Å². The minimum Gasteiger partial charge on any atom is -0.326 e. The van der Waals surface area contributed by atoms with Crippen LogP contribution in [0.2, 0.25) is 0 Å². The summed E-state index contributed by atoms with van der Waals surface area (Å²) in [6.07, 6.45) is 2.03. The van der Waals surface area contributed by atoms with Crippen molar-refractivity contribution in [1.29, 1.82) is 0 Å². The first kappa shape index (κ1) is 21.8. The van der Waals surface area contributed by atoms with E-state index in [2.05, 4.69) is 88.7 Å². The Balaban J connectivity index is 1.62. The van der Waals surface area contributed by atoms with Crippen LogP contribution in [0.4, 0.5) is 5.69 Å². The van der Waals surface area contributed by atoms with Gasteiger partial charge in [-0.25, -0.2) is 0 Å². The number of benzene rings is 3. The van der Waals surface area contributed by atoms with Crippen LogP contribution < -0.4 is 16.0 Å². The number of hydrogen-bond acceptors (Lipinski definition) is 3. The highest BCUT2D eigenvalue weighted by Gasteiger charge is 2.22. The second kappa shape index (κ2) is 11.3. The summed E-state index contributed by atoms with van der Waals surface area (Å²) in [5.41, 5.74) is 4.67. The summed E-state index contributed by atoms with van der Waals surface area (Å²) >= 11 is 0. The molecular formula is C26H31N3O. The lowest BCUT2D eigenvalue weighted by Gasteiger charge is -2.29. The van der Waals surface area contributed by atoms with Gasteiger partial charge in [0.2, 0.25) is 5.91 Å². The first-order valence-corrected chi connectivity index (χ1v) is 10.5. The zero-order chi connectivity index (χ0) is 21.2. The van der Waals surface area contributed by atoms with Crippen LogP contribution in [0.25, 0.3) is 0 Å². The van der Waals surface area contributed by atoms with Gasteiger partial charge in [-0.2, -0.15) is 0 Å². The zero-order valence-electron chi connectivity index (χ0n) is 17.8. The summed E-state index contributed by atoms with van der Waals surface area (Å²) in [7, 11) is 2.02. The number of nitrogens with one attached hydrogen (secondary N) is 3. The van der Waals surface area contributed by atoms with E-state index in [9.17, 15) is 4.79 Å². The number of hydrogen-bond donors (Lipinski definition) is 3. The fourth-order valence-electron chi connectivity index (χ4n) is 3.78. The molecule has 4 heteroatoms. The van der Waals surface area contributed by atoms with Gasteiger partial charge in [-0.05, 0) is 55.3 Å². The summed E-state index contributed by atoms with van der Waals surface area (Å²) in [6, 6.07) is 29.7. The van der Waals surface area contributed by atoms with Gasteiger partial charge in [0, 0.05) is 12.6 Å². The Kier molecular flexibility index (Phi) is 8.19. The molecule has 0 radical (unpaired) electrons. The SMILES string of the molecule is CNC(c1ccccc1)C(NCCCc1ccc(NC(C)=O)cc1)c1ccccc1. The quantitative estimate of drug-likeness (QED) is 0.425. The van der Waals surface area contributed by atoms with Crippen LogP contribution in [-0.2, 0) is 11.2 Å². The lowest BCUT2D eigenvalue weighted by molar-refractivity contribution is -0.114. The highest BCUT2D eigenvalue weighted by molar-refractivity contribution is 5.88. The van der Waals surface area contributed by atoms with Crippen LogP contribution in [-0.4, -0.2) is 19.5 Å². The largest absolute Gasteiger partial charge is 0.326 e. The van der Waals surface area contributed by atoms with E-state index in [4.69, 9.17) is 0 Å². The van der Waals surface area contributed by atoms with Crippen molar-refractivity contribution in [2.75, 3.05) is 18.9 Å². The highest BCUT2D eigenvalue weighted by atomic mass is 16.1. The predicted octanol–water partition coefficient (Wildman–Crippen LogP) is 4.87. The van der Waals surface area contributed by atoms with E-state index in [0.717, 1.165) is 25.1 Å². The summed E-state index contributed by atoms with van der Waals surface area (Å²) in [5, 5.41) is 10.1. The molecule has 4 nitrogen and oxygen atoms in total. The van der Waals surface area contributed by atoms with Crippen LogP contribution in [0.5, 0.6) is 0 Å². The van der Waals surface area contributed by atoms with Crippen LogP contribution >= 0.6 is 0 Å². The molecule has 0 aliphatic rings. The molecular weight excluding hydrogens is 370 g/mol. The van der Waals surface area contributed by atoms with Gasteiger partial charge in [0.15, 0.2) is 0 Å². The monoisotopic (exact) mass is 401 g/mol. The molecule has 2 unspecified atom stereocenters. The van der Waals surface area contributed by atoms with Crippen LogP contribution in [0, 0.1) is 0 Å². The number of amides is 1. The van der Waals surface area contributed by atoms with Crippen molar-refractivity contribution >= 4 is 11.6 Å². The molecule has 1 amide bonds. The molecule has 0 bridgehead atoms. The van der Waals surface area contributed by atoms with E-state index in [1.165, 1.54) is 23.6 Å². The molecule has 2 atom stereocenters. The number of rotatable bonds is 10. The number of anilines is 1. The Morgan fingerprint density at radius 2 is 1.37 bits per heavy atom. The van der Waals surface area contributed by atoms with Crippen molar-refractivity contribution in [2.45, 2.75) is 31.8 Å². The Bertz CT molecular complexity index is 895. The van der Waals surface area contributed by atoms with E-state index >= 15 is 0 Å². The Labute approximate surface area is 179 Å². The smallest absolute Gasteiger partial charge is 0.221 e. The second-order valence-corrected chi connectivity index (χ2v) is 7.50. The molecule has 3 rings (SSSR count). The number of likely N-dealkylation sites (N-methyl/N-ethyl adjacent to an activating group) is 1.